The summed E-state index contributed by atoms with van der Waals surface area (Å²) in [5.74, 6) is -0.377. The summed E-state index contributed by atoms with van der Waals surface area (Å²) in [5.41, 5.74) is 0.484. The zero-order valence-corrected chi connectivity index (χ0v) is 16.0. The van der Waals surface area contributed by atoms with Crippen LogP contribution < -0.4 is 5.32 Å². The molecule has 0 bridgehead atoms. The van der Waals surface area contributed by atoms with Gasteiger partial charge in [-0.15, -0.1) is 0 Å². The smallest absolute Gasteiger partial charge is 0.346 e. The first-order valence-corrected chi connectivity index (χ1v) is 8.84. The van der Waals surface area contributed by atoms with Gasteiger partial charge < -0.3 is 5.32 Å². The van der Waals surface area contributed by atoms with E-state index in [1.165, 1.54) is 18.5 Å². The number of aryl methyl sites for hydroxylation is 3. The molecule has 1 unspecified atom stereocenters. The Morgan fingerprint density at radius 3 is 2.64 bits per heavy atom. The van der Waals surface area contributed by atoms with Crippen molar-refractivity contribution in [2.24, 2.45) is 0 Å². The average Bonchev–Trinajstić information content (AvgIpc) is 3.18. The summed E-state index contributed by atoms with van der Waals surface area (Å²) < 4.78 is 43.2. The van der Waals surface area contributed by atoms with E-state index in [-0.39, 0.29) is 40.9 Å². The number of hydrogen-bond acceptors (Lipinski definition) is 4. The van der Waals surface area contributed by atoms with Gasteiger partial charge in [0.2, 0.25) is 5.91 Å². The first kappa shape index (κ1) is 19.8. The Labute approximate surface area is 159 Å². The Morgan fingerprint density at radius 1 is 1.29 bits per heavy atom. The normalized spacial score (nSPS) is 13.1. The van der Waals surface area contributed by atoms with E-state index in [1.54, 1.807) is 10.9 Å². The highest BCUT2D eigenvalue weighted by Crippen LogP contribution is 2.36. The molecule has 1 atom stereocenters. The van der Waals surface area contributed by atoms with Crippen LogP contribution in [0.25, 0.3) is 11.0 Å². The SMILES string of the molecule is CCn1nccc1C(C)NC(=O)Cn1nc(C)c2c(C(F)(F)F)cc(C)nc21. The predicted molar refractivity (Wildman–Crippen MR) is 96.5 cm³/mol. The van der Waals surface area contributed by atoms with E-state index in [0.29, 0.717) is 6.54 Å². The van der Waals surface area contributed by atoms with Gasteiger partial charge in [-0.25, -0.2) is 9.67 Å². The molecule has 3 aromatic rings. The second kappa shape index (κ2) is 7.25. The minimum absolute atomic E-state index is 0.0474. The molecule has 150 valence electrons. The van der Waals surface area contributed by atoms with Crippen molar-refractivity contribution in [2.45, 2.75) is 53.0 Å². The van der Waals surface area contributed by atoms with Crippen molar-refractivity contribution >= 4 is 16.9 Å². The van der Waals surface area contributed by atoms with Crippen LogP contribution in [0.3, 0.4) is 0 Å². The summed E-state index contributed by atoms with van der Waals surface area (Å²) in [4.78, 5) is 16.7. The third kappa shape index (κ3) is 3.71. The number of carbonyl (C=O) groups excluding carboxylic acids is 1. The van der Waals surface area contributed by atoms with Gasteiger partial charge >= 0.3 is 6.18 Å². The lowest BCUT2D eigenvalue weighted by atomic mass is 10.1. The zero-order chi connectivity index (χ0) is 20.6. The molecule has 0 fully saturated rings. The summed E-state index contributed by atoms with van der Waals surface area (Å²) >= 11 is 0. The predicted octanol–water partition coefficient (Wildman–Crippen LogP) is 3.16. The van der Waals surface area contributed by atoms with Crippen LogP contribution in [0.2, 0.25) is 0 Å². The first-order chi connectivity index (χ1) is 13.1. The molecule has 0 aliphatic rings. The molecule has 0 radical (unpaired) electrons. The fourth-order valence-electron chi connectivity index (χ4n) is 3.28. The third-order valence-electron chi connectivity index (χ3n) is 4.47. The maximum Gasteiger partial charge on any atom is 0.417 e. The van der Waals surface area contributed by atoms with Crippen LogP contribution in [0.15, 0.2) is 18.3 Å². The lowest BCUT2D eigenvalue weighted by Crippen LogP contribution is -2.31. The van der Waals surface area contributed by atoms with Gasteiger partial charge in [0, 0.05) is 18.4 Å². The van der Waals surface area contributed by atoms with Gasteiger partial charge in [0.25, 0.3) is 0 Å². The summed E-state index contributed by atoms with van der Waals surface area (Å²) in [7, 11) is 0. The summed E-state index contributed by atoms with van der Waals surface area (Å²) in [5, 5.41) is 11.0. The molecular weight excluding hydrogens is 373 g/mol. The van der Waals surface area contributed by atoms with Crippen LogP contribution in [0.4, 0.5) is 13.2 Å². The van der Waals surface area contributed by atoms with E-state index < -0.39 is 11.7 Å². The molecule has 3 aromatic heterocycles. The van der Waals surface area contributed by atoms with Crippen LogP contribution >= 0.6 is 0 Å². The van der Waals surface area contributed by atoms with Crippen LogP contribution in [-0.2, 0) is 24.1 Å². The van der Waals surface area contributed by atoms with Gasteiger partial charge in [0.15, 0.2) is 5.65 Å². The second-order valence-corrected chi connectivity index (χ2v) is 6.61. The highest BCUT2D eigenvalue weighted by molar-refractivity contribution is 5.85. The molecule has 3 rings (SSSR count). The first-order valence-electron chi connectivity index (χ1n) is 8.84. The van der Waals surface area contributed by atoms with Crippen LogP contribution in [-0.4, -0.2) is 30.5 Å². The van der Waals surface area contributed by atoms with Crippen LogP contribution in [0, 0.1) is 13.8 Å². The number of nitrogens with one attached hydrogen (secondary N) is 1. The number of rotatable bonds is 5. The van der Waals surface area contributed by atoms with Gasteiger partial charge in [-0.05, 0) is 39.8 Å². The van der Waals surface area contributed by atoms with Crippen LogP contribution in [0.1, 0.15) is 42.5 Å². The largest absolute Gasteiger partial charge is 0.417 e. The third-order valence-corrected chi connectivity index (χ3v) is 4.47. The fourth-order valence-corrected chi connectivity index (χ4v) is 3.28. The molecule has 0 saturated carbocycles. The highest BCUT2D eigenvalue weighted by atomic mass is 19.4. The Kier molecular flexibility index (Phi) is 5.14. The second-order valence-electron chi connectivity index (χ2n) is 6.61. The number of carbonyl (C=O) groups is 1. The van der Waals surface area contributed by atoms with Gasteiger partial charge in [0.05, 0.1) is 28.4 Å². The number of nitrogens with zero attached hydrogens (tertiary/aromatic N) is 5. The van der Waals surface area contributed by atoms with Crippen molar-refractivity contribution in [1.82, 2.24) is 29.9 Å². The summed E-state index contributed by atoms with van der Waals surface area (Å²) in [6.07, 6.45) is -2.88. The van der Waals surface area contributed by atoms with E-state index in [0.717, 1.165) is 11.8 Å². The number of aromatic nitrogens is 5. The van der Waals surface area contributed by atoms with Crippen molar-refractivity contribution in [3.63, 3.8) is 0 Å². The standard InChI is InChI=1S/C18H21F3N6O/c1-5-26-14(6-7-22-26)11(3)24-15(28)9-27-17-16(12(4)25-27)13(18(19,20)21)8-10(2)23-17/h6-8,11H,5,9H2,1-4H3,(H,24,28). The van der Waals surface area contributed by atoms with Crippen LogP contribution in [0.5, 0.6) is 0 Å². The molecule has 1 amide bonds. The molecule has 10 heteroatoms. The number of pyridine rings is 1. The minimum atomic E-state index is -4.53. The van der Waals surface area contributed by atoms with E-state index in [9.17, 15) is 18.0 Å². The average molecular weight is 394 g/mol. The topological polar surface area (TPSA) is 77.6 Å². The maximum absolute atomic E-state index is 13.4. The molecule has 28 heavy (non-hydrogen) atoms. The van der Waals surface area contributed by atoms with Gasteiger partial charge in [-0.1, -0.05) is 0 Å². The molecule has 0 saturated heterocycles. The number of amides is 1. The summed E-state index contributed by atoms with van der Waals surface area (Å²) in [6, 6.07) is 2.50. The minimum Gasteiger partial charge on any atom is -0.346 e. The molecule has 3 heterocycles. The van der Waals surface area contributed by atoms with Crippen molar-refractivity contribution in [3.8, 4) is 0 Å². The Morgan fingerprint density at radius 2 is 2.00 bits per heavy atom. The van der Waals surface area contributed by atoms with E-state index in [2.05, 4.69) is 20.5 Å². The molecule has 1 N–H and O–H groups in total. The quantitative estimate of drug-likeness (QED) is 0.721. The molecule has 0 aromatic carbocycles. The zero-order valence-electron chi connectivity index (χ0n) is 16.0. The van der Waals surface area contributed by atoms with E-state index in [1.807, 2.05) is 19.9 Å². The summed E-state index contributed by atoms with van der Waals surface area (Å²) in [6.45, 7) is 7.14. The number of halogens is 3. The Hall–Kier alpha value is -2.91. The van der Waals surface area contributed by atoms with E-state index >= 15 is 0 Å². The number of fused-ring (bicyclic) bond motifs is 1. The molecule has 0 aliphatic carbocycles. The molecule has 0 aliphatic heterocycles. The van der Waals surface area contributed by atoms with Gasteiger partial charge in [0.1, 0.15) is 6.54 Å². The van der Waals surface area contributed by atoms with Crippen molar-refractivity contribution in [2.75, 3.05) is 0 Å². The van der Waals surface area contributed by atoms with Gasteiger partial charge in [-0.2, -0.15) is 23.4 Å². The highest BCUT2D eigenvalue weighted by Gasteiger charge is 2.35. The molecule has 7 nitrogen and oxygen atoms in total. The van der Waals surface area contributed by atoms with Crippen molar-refractivity contribution < 1.29 is 18.0 Å². The Balaban J connectivity index is 1.88. The van der Waals surface area contributed by atoms with Crippen molar-refractivity contribution in [1.29, 1.82) is 0 Å². The Bertz CT molecular complexity index is 1020. The fraction of sp³-hybridized carbons (Fsp3) is 0.444. The van der Waals surface area contributed by atoms with Crippen molar-refractivity contribution in [3.05, 3.63) is 41.0 Å². The monoisotopic (exact) mass is 394 g/mol. The number of hydrogen-bond donors (Lipinski definition) is 1. The number of alkyl halides is 3. The lowest BCUT2D eigenvalue weighted by Gasteiger charge is -2.15. The van der Waals surface area contributed by atoms with E-state index in [4.69, 9.17) is 0 Å². The molecule has 0 spiro atoms. The van der Waals surface area contributed by atoms with Gasteiger partial charge in [-0.3, -0.25) is 9.48 Å². The molecular formula is C18H21F3N6O. The maximum atomic E-state index is 13.4. The lowest BCUT2D eigenvalue weighted by molar-refractivity contribution is -0.136.